The quantitative estimate of drug-likeness (QED) is 0.886. The number of benzene rings is 1. The average molecular weight is 370 g/mol. The van der Waals surface area contributed by atoms with Crippen molar-refractivity contribution in [3.8, 4) is 0 Å². The van der Waals surface area contributed by atoms with Crippen LogP contribution < -0.4 is 10.6 Å². The second-order valence-electron chi connectivity index (χ2n) is 6.34. The van der Waals surface area contributed by atoms with Gasteiger partial charge in [-0.05, 0) is 30.9 Å². The first-order valence-corrected chi connectivity index (χ1v) is 9.10. The van der Waals surface area contributed by atoms with Crippen LogP contribution in [0.5, 0.6) is 0 Å². The highest BCUT2D eigenvalue weighted by Crippen LogP contribution is 2.35. The summed E-state index contributed by atoms with van der Waals surface area (Å²) in [6, 6.07) is 7.86. The number of halogens is 1. The standard InChI is InChI=1S/C17H23N3O2S.ClH/c1-12-6-7-19(13(8-12)9-18)16(21)10-20-14-4-2-3-5-15(14)23-11-17(20)22;/h2-5,12-13H,6-11,18H2,1H3;1H. The first-order chi connectivity index (χ1) is 11.1. The Balaban J connectivity index is 0.00000208. The van der Waals surface area contributed by atoms with Gasteiger partial charge in [0, 0.05) is 24.0 Å². The summed E-state index contributed by atoms with van der Waals surface area (Å²) in [5.74, 6) is 0.988. The van der Waals surface area contributed by atoms with Crippen LogP contribution in [0.3, 0.4) is 0 Å². The van der Waals surface area contributed by atoms with Gasteiger partial charge < -0.3 is 15.5 Å². The zero-order chi connectivity index (χ0) is 16.4. The van der Waals surface area contributed by atoms with Gasteiger partial charge in [-0.25, -0.2) is 0 Å². The molecule has 3 rings (SSSR count). The van der Waals surface area contributed by atoms with Gasteiger partial charge in [-0.2, -0.15) is 0 Å². The number of amides is 2. The Morgan fingerprint density at radius 2 is 2.12 bits per heavy atom. The number of rotatable bonds is 3. The number of likely N-dealkylation sites (tertiary alicyclic amines) is 1. The van der Waals surface area contributed by atoms with E-state index >= 15 is 0 Å². The number of piperidine rings is 1. The van der Waals surface area contributed by atoms with Crippen LogP contribution in [0.2, 0.25) is 0 Å². The Labute approximate surface area is 153 Å². The van der Waals surface area contributed by atoms with E-state index < -0.39 is 0 Å². The third-order valence-corrected chi connectivity index (χ3v) is 5.72. The van der Waals surface area contributed by atoms with Crippen molar-refractivity contribution in [1.29, 1.82) is 0 Å². The molecule has 1 aromatic carbocycles. The van der Waals surface area contributed by atoms with Gasteiger partial charge in [0.1, 0.15) is 6.54 Å². The summed E-state index contributed by atoms with van der Waals surface area (Å²) in [6.45, 7) is 3.53. The molecule has 2 atom stereocenters. The molecule has 0 spiro atoms. The highest BCUT2D eigenvalue weighted by atomic mass is 35.5. The topological polar surface area (TPSA) is 66.6 Å². The number of nitrogens with zero attached hydrogens (tertiary/aromatic N) is 2. The third kappa shape index (κ3) is 3.87. The maximum Gasteiger partial charge on any atom is 0.242 e. The molecule has 0 bridgehead atoms. The van der Waals surface area contributed by atoms with Gasteiger partial charge in [-0.3, -0.25) is 9.59 Å². The maximum atomic E-state index is 12.8. The summed E-state index contributed by atoms with van der Waals surface area (Å²) in [4.78, 5) is 29.6. The average Bonchev–Trinajstić information content (AvgIpc) is 2.57. The van der Waals surface area contributed by atoms with Gasteiger partial charge in [-0.1, -0.05) is 19.1 Å². The van der Waals surface area contributed by atoms with Crippen molar-refractivity contribution in [2.24, 2.45) is 11.7 Å². The number of anilines is 1. The van der Waals surface area contributed by atoms with Crippen molar-refractivity contribution >= 4 is 41.7 Å². The minimum absolute atomic E-state index is 0. The number of hydrogen-bond acceptors (Lipinski definition) is 4. The van der Waals surface area contributed by atoms with Crippen LogP contribution >= 0.6 is 24.2 Å². The summed E-state index contributed by atoms with van der Waals surface area (Å²) in [7, 11) is 0. The van der Waals surface area contributed by atoms with Crippen molar-refractivity contribution < 1.29 is 9.59 Å². The van der Waals surface area contributed by atoms with Crippen LogP contribution in [0.1, 0.15) is 19.8 Å². The molecular formula is C17H24ClN3O2S. The molecule has 7 heteroatoms. The van der Waals surface area contributed by atoms with E-state index in [1.165, 1.54) is 11.8 Å². The van der Waals surface area contributed by atoms with E-state index in [2.05, 4.69) is 6.92 Å². The number of fused-ring (bicyclic) bond motifs is 1. The second-order valence-corrected chi connectivity index (χ2v) is 7.36. The minimum Gasteiger partial charge on any atom is -0.337 e. The normalized spacial score (nSPS) is 23.5. The first kappa shape index (κ1) is 19.1. The molecule has 2 aliphatic heterocycles. The SMILES string of the molecule is CC1CCN(C(=O)CN2C(=O)CSc3ccccc32)C(CN)C1.Cl. The summed E-state index contributed by atoms with van der Waals surface area (Å²) >= 11 is 1.53. The van der Waals surface area contributed by atoms with Gasteiger partial charge in [0.25, 0.3) is 0 Å². The molecule has 2 heterocycles. The van der Waals surface area contributed by atoms with Gasteiger partial charge in [0.2, 0.25) is 11.8 Å². The third-order valence-electron chi connectivity index (χ3n) is 4.67. The fraction of sp³-hybridized carbons (Fsp3) is 0.529. The number of nitrogens with two attached hydrogens (primary N) is 1. The monoisotopic (exact) mass is 369 g/mol. The lowest BCUT2D eigenvalue weighted by Gasteiger charge is -2.39. The first-order valence-electron chi connectivity index (χ1n) is 8.12. The zero-order valence-electron chi connectivity index (χ0n) is 13.8. The smallest absolute Gasteiger partial charge is 0.242 e. The van der Waals surface area contributed by atoms with Crippen LogP contribution in [0, 0.1) is 5.92 Å². The molecule has 24 heavy (non-hydrogen) atoms. The molecule has 2 aliphatic rings. The van der Waals surface area contributed by atoms with Crippen molar-refractivity contribution in [3.63, 3.8) is 0 Å². The summed E-state index contributed by atoms with van der Waals surface area (Å²) < 4.78 is 0. The molecule has 5 nitrogen and oxygen atoms in total. The van der Waals surface area contributed by atoms with Gasteiger partial charge >= 0.3 is 0 Å². The lowest BCUT2D eigenvalue weighted by atomic mass is 9.92. The lowest BCUT2D eigenvalue weighted by Crippen LogP contribution is -2.53. The highest BCUT2D eigenvalue weighted by molar-refractivity contribution is 8.00. The maximum absolute atomic E-state index is 12.8. The van der Waals surface area contributed by atoms with E-state index in [1.54, 1.807) is 4.90 Å². The number of hydrogen-bond donors (Lipinski definition) is 1. The molecule has 1 aromatic rings. The Hall–Kier alpha value is -1.24. The molecule has 0 saturated carbocycles. The van der Waals surface area contributed by atoms with E-state index in [-0.39, 0.29) is 36.8 Å². The predicted octanol–water partition coefficient (Wildman–Crippen LogP) is 2.13. The molecule has 2 amide bonds. The van der Waals surface area contributed by atoms with E-state index in [9.17, 15) is 9.59 Å². The van der Waals surface area contributed by atoms with Crippen molar-refractivity contribution in [1.82, 2.24) is 4.90 Å². The molecular weight excluding hydrogens is 346 g/mol. The van der Waals surface area contributed by atoms with E-state index in [0.29, 0.717) is 18.2 Å². The van der Waals surface area contributed by atoms with Crippen molar-refractivity contribution in [3.05, 3.63) is 24.3 Å². The predicted molar refractivity (Wildman–Crippen MR) is 99.7 cm³/mol. The molecule has 132 valence electrons. The fourth-order valence-corrected chi connectivity index (χ4v) is 4.29. The molecule has 0 radical (unpaired) electrons. The Bertz CT molecular complexity index is 613. The Morgan fingerprint density at radius 1 is 1.38 bits per heavy atom. The summed E-state index contributed by atoms with van der Waals surface area (Å²) in [5, 5.41) is 0. The fourth-order valence-electron chi connectivity index (χ4n) is 3.36. The van der Waals surface area contributed by atoms with E-state index in [4.69, 9.17) is 5.73 Å². The van der Waals surface area contributed by atoms with Crippen LogP contribution in [-0.2, 0) is 9.59 Å². The Morgan fingerprint density at radius 3 is 2.88 bits per heavy atom. The molecule has 0 aliphatic carbocycles. The van der Waals surface area contributed by atoms with Gasteiger partial charge in [-0.15, -0.1) is 24.2 Å². The summed E-state index contributed by atoms with van der Waals surface area (Å²) in [6.07, 6.45) is 1.95. The van der Waals surface area contributed by atoms with E-state index in [1.807, 2.05) is 29.2 Å². The molecule has 1 saturated heterocycles. The number of carbonyl (C=O) groups is 2. The second kappa shape index (κ2) is 8.23. The van der Waals surface area contributed by atoms with Crippen LogP contribution in [0.25, 0.3) is 0 Å². The van der Waals surface area contributed by atoms with Gasteiger partial charge in [0.05, 0.1) is 11.4 Å². The molecule has 1 fully saturated rings. The van der Waals surface area contributed by atoms with E-state index in [0.717, 1.165) is 30.0 Å². The molecule has 0 aromatic heterocycles. The lowest BCUT2D eigenvalue weighted by molar-refractivity contribution is -0.134. The van der Waals surface area contributed by atoms with Crippen molar-refractivity contribution in [2.75, 3.05) is 30.3 Å². The highest BCUT2D eigenvalue weighted by Gasteiger charge is 2.32. The van der Waals surface area contributed by atoms with Gasteiger partial charge in [0.15, 0.2) is 0 Å². The molecule has 2 unspecified atom stereocenters. The van der Waals surface area contributed by atoms with Crippen LogP contribution in [-0.4, -0.2) is 48.1 Å². The number of para-hydroxylation sites is 1. The molecule has 2 N–H and O–H groups in total. The van der Waals surface area contributed by atoms with Crippen LogP contribution in [0.4, 0.5) is 5.69 Å². The number of thioether (sulfide) groups is 1. The number of carbonyl (C=O) groups excluding carboxylic acids is 2. The largest absolute Gasteiger partial charge is 0.337 e. The van der Waals surface area contributed by atoms with Crippen molar-refractivity contribution in [2.45, 2.75) is 30.7 Å². The minimum atomic E-state index is -0.00303. The zero-order valence-corrected chi connectivity index (χ0v) is 15.4. The Kier molecular flexibility index (Phi) is 6.54. The van der Waals surface area contributed by atoms with Crippen LogP contribution in [0.15, 0.2) is 29.2 Å². The summed E-state index contributed by atoms with van der Waals surface area (Å²) in [5.41, 5.74) is 6.70.